The fraction of sp³-hybridized carbons (Fsp3) is 0.351. The molecule has 2 amide bonds. The number of nitrogen functional groups attached to an aromatic ring is 1. The van der Waals surface area contributed by atoms with Crippen LogP contribution in [0.2, 0.25) is 4.34 Å². The summed E-state index contributed by atoms with van der Waals surface area (Å²) in [6, 6.07) is 8.98. The zero-order valence-electron chi connectivity index (χ0n) is 31.6. The van der Waals surface area contributed by atoms with Crippen molar-refractivity contribution in [1.82, 2.24) is 25.1 Å². The first-order valence-corrected chi connectivity index (χ1v) is 20.5. The number of fused-ring (bicyclic) bond motifs is 2. The molecule has 0 saturated carbocycles. The normalized spacial score (nSPS) is 19.1. The van der Waals surface area contributed by atoms with Gasteiger partial charge in [-0.15, -0.1) is 11.8 Å². The first kappa shape index (κ1) is 41.4. The van der Waals surface area contributed by atoms with Crippen molar-refractivity contribution in [3.8, 4) is 0 Å². The highest BCUT2D eigenvalue weighted by molar-refractivity contribution is 8.00. The van der Waals surface area contributed by atoms with E-state index in [1.807, 2.05) is 21.3 Å². The van der Waals surface area contributed by atoms with Crippen LogP contribution in [-0.4, -0.2) is 102 Å². The van der Waals surface area contributed by atoms with E-state index in [0.29, 0.717) is 16.7 Å². The maximum atomic E-state index is 15.4. The molecule has 2 saturated heterocycles. The van der Waals surface area contributed by atoms with E-state index in [1.54, 1.807) is 30.6 Å². The van der Waals surface area contributed by atoms with Crippen molar-refractivity contribution in [2.75, 3.05) is 24.6 Å². The highest BCUT2D eigenvalue weighted by Gasteiger charge is 2.55. The van der Waals surface area contributed by atoms with Gasteiger partial charge in [0.2, 0.25) is 11.1 Å². The molecule has 2 fully saturated rings. The number of β-lactam (4-membered cyclic amide) rings is 1. The minimum atomic E-state index is -1.84. The van der Waals surface area contributed by atoms with Crippen LogP contribution in [0.5, 0.6) is 0 Å². The summed E-state index contributed by atoms with van der Waals surface area (Å²) in [5.74, 6) is -4.54. The number of nitrogens with zero attached hydrogens (tertiary/aromatic N) is 6. The Hall–Kier alpha value is -5.77. The number of anilines is 1. The maximum absolute atomic E-state index is 15.4. The van der Waals surface area contributed by atoms with Gasteiger partial charge in [0.05, 0.1) is 6.54 Å². The fourth-order valence-corrected chi connectivity index (χ4v) is 8.93. The smallest absolute Gasteiger partial charge is 0.352 e. The number of pyridine rings is 1. The zero-order valence-corrected chi connectivity index (χ0v) is 33.9. The molecule has 3 aliphatic rings. The van der Waals surface area contributed by atoms with E-state index in [9.17, 15) is 29.4 Å². The number of thioether (sulfide) groups is 1. The number of carbonyl (C=O) groups excluding carboxylic acids is 2. The average Bonchev–Trinajstić information content (AvgIpc) is 3.78. The predicted octanol–water partition coefficient (Wildman–Crippen LogP) is 2.22. The van der Waals surface area contributed by atoms with Crippen molar-refractivity contribution in [2.45, 2.75) is 62.9 Å². The average molecular weight is 870 g/mol. The highest BCUT2D eigenvalue weighted by Crippen LogP contribution is 2.41. The van der Waals surface area contributed by atoms with Crippen molar-refractivity contribution in [3.63, 3.8) is 0 Å². The summed E-state index contributed by atoms with van der Waals surface area (Å²) in [7, 11) is 0. The second kappa shape index (κ2) is 16.8. The van der Waals surface area contributed by atoms with Gasteiger partial charge in [0.15, 0.2) is 29.4 Å². The van der Waals surface area contributed by atoms with Gasteiger partial charge in [-0.3, -0.25) is 14.5 Å². The van der Waals surface area contributed by atoms with Crippen molar-refractivity contribution in [3.05, 3.63) is 87.0 Å². The van der Waals surface area contributed by atoms with Crippen molar-refractivity contribution in [1.29, 1.82) is 0 Å². The van der Waals surface area contributed by atoms with Gasteiger partial charge < -0.3 is 46.6 Å². The lowest BCUT2D eigenvalue weighted by Gasteiger charge is -2.49. The molecular weight excluding hydrogens is 831 g/mol. The van der Waals surface area contributed by atoms with Crippen LogP contribution in [0.3, 0.4) is 0 Å². The third-order valence-corrected chi connectivity index (χ3v) is 12.3. The number of aliphatic carboxylic acids is 2. The fourth-order valence-electron chi connectivity index (χ4n) is 6.67. The largest absolute Gasteiger partial charge is 0.478 e. The summed E-state index contributed by atoms with van der Waals surface area (Å²) < 4.78 is 19.1. The molecule has 4 aromatic rings. The molecule has 3 aromatic heterocycles. The Labute approximate surface area is 348 Å². The number of oxime groups is 2. The van der Waals surface area contributed by atoms with Gasteiger partial charge in [-0.1, -0.05) is 45.4 Å². The molecule has 310 valence electrons. The SMILES string of the molecule is CC(C)(O/N=C(\C(=O)N[C@@H]1C(=O)N2C(C(=O)O)=C(C[n+]3cccc4c3ccn4Cc3ccc(/C(N)=N/OC4CCNCC4)cc3F)CS[C@H]12)c1nc(N)sc1Cl)C(=O)O. The molecule has 0 aliphatic carbocycles. The van der Waals surface area contributed by atoms with E-state index < -0.39 is 52.3 Å². The summed E-state index contributed by atoms with van der Waals surface area (Å²) >= 11 is 8.34. The van der Waals surface area contributed by atoms with Crippen LogP contribution in [0.25, 0.3) is 11.0 Å². The molecular formula is C37H39ClFN10O8S2+. The number of piperidine rings is 1. The Balaban J connectivity index is 1.07. The van der Waals surface area contributed by atoms with Gasteiger partial charge in [-0.2, -0.15) is 4.57 Å². The predicted molar refractivity (Wildman–Crippen MR) is 216 cm³/mol. The monoisotopic (exact) mass is 869 g/mol. The molecule has 18 nitrogen and oxygen atoms in total. The minimum Gasteiger partial charge on any atom is -0.478 e. The summed E-state index contributed by atoms with van der Waals surface area (Å²) in [6.07, 6.45) is 5.16. The van der Waals surface area contributed by atoms with Crippen LogP contribution in [0, 0.1) is 5.82 Å². The number of carbonyl (C=O) groups is 4. The van der Waals surface area contributed by atoms with Crippen LogP contribution >= 0.6 is 34.7 Å². The Morgan fingerprint density at radius 2 is 1.95 bits per heavy atom. The quantitative estimate of drug-likeness (QED) is 0.0350. The maximum Gasteiger partial charge on any atom is 0.352 e. The topological polar surface area (TPSA) is 253 Å². The molecule has 8 N–H and O–H groups in total. The van der Waals surface area contributed by atoms with Gasteiger partial charge in [-0.25, -0.2) is 19.0 Å². The van der Waals surface area contributed by atoms with Crippen molar-refractivity contribution in [2.24, 2.45) is 16.0 Å². The lowest BCUT2D eigenvalue weighted by Crippen LogP contribution is -2.71. The summed E-state index contributed by atoms with van der Waals surface area (Å²) in [5.41, 5.74) is 11.8. The number of carboxylic acids is 2. The van der Waals surface area contributed by atoms with Crippen LogP contribution in [0.4, 0.5) is 9.52 Å². The number of hydrogen-bond acceptors (Lipinski definition) is 13. The molecule has 3 aliphatic heterocycles. The number of amidine groups is 1. The molecule has 0 spiro atoms. The number of hydrogen-bond donors (Lipinski definition) is 6. The van der Waals surface area contributed by atoms with Crippen LogP contribution in [0.1, 0.15) is 43.5 Å². The van der Waals surface area contributed by atoms with Gasteiger partial charge in [0.1, 0.15) is 44.6 Å². The Kier molecular flexibility index (Phi) is 11.8. The second-order valence-electron chi connectivity index (χ2n) is 14.3. The number of halogens is 2. The van der Waals surface area contributed by atoms with E-state index in [-0.39, 0.29) is 51.6 Å². The molecule has 2 atom stereocenters. The Bertz CT molecular complexity index is 2450. The van der Waals surface area contributed by atoms with Crippen molar-refractivity contribution >= 4 is 86.2 Å². The third-order valence-electron chi connectivity index (χ3n) is 9.91. The first-order chi connectivity index (χ1) is 28.1. The van der Waals surface area contributed by atoms with E-state index in [2.05, 4.69) is 25.9 Å². The highest BCUT2D eigenvalue weighted by atomic mass is 35.5. The molecule has 6 heterocycles. The lowest BCUT2D eigenvalue weighted by molar-refractivity contribution is -0.663. The van der Waals surface area contributed by atoms with Gasteiger partial charge in [-0.05, 0) is 51.9 Å². The van der Waals surface area contributed by atoms with Crippen LogP contribution in [0.15, 0.2) is 70.4 Å². The van der Waals surface area contributed by atoms with Crippen LogP contribution < -0.4 is 26.7 Å². The second-order valence-corrected chi connectivity index (χ2v) is 17.1. The molecule has 0 bridgehead atoms. The molecule has 7 rings (SSSR count). The van der Waals surface area contributed by atoms with Gasteiger partial charge >= 0.3 is 11.9 Å². The standard InChI is InChI=1S/C37H38ClFN10O8S2/c1-37(2,35(54)55)57-45-26(25-29(38)59-36(41)44-25)31(50)43-27-32(51)49-28(34(52)53)20(17-58-33(27)49)16-47-12-3-4-23-24(47)9-13-48(23)15-19-6-5-18(14-22(19)39)30(40)46-56-21-7-10-42-11-8-21/h3-6,9,12-14,21,27,33,42H,7-8,10-11,15-17H2,1-2H3,(H6-,40,41,43,44,46,50,52,53,54,55)/p+1/b45-26-/t27-,33-/m1/s1. The molecule has 59 heavy (non-hydrogen) atoms. The van der Waals surface area contributed by atoms with Crippen molar-refractivity contribution < 1.29 is 48.0 Å². The zero-order chi connectivity index (χ0) is 42.2. The van der Waals surface area contributed by atoms with E-state index >= 15 is 4.39 Å². The molecule has 0 radical (unpaired) electrons. The molecule has 1 aromatic carbocycles. The summed E-state index contributed by atoms with van der Waals surface area (Å²) in [5, 5.41) is 32.6. The first-order valence-electron chi connectivity index (χ1n) is 18.2. The van der Waals surface area contributed by atoms with E-state index in [1.165, 1.54) is 31.7 Å². The van der Waals surface area contributed by atoms with Gasteiger partial charge in [0, 0.05) is 40.8 Å². The van der Waals surface area contributed by atoms with Crippen LogP contribution in [-0.2, 0) is 41.9 Å². The summed E-state index contributed by atoms with van der Waals surface area (Å²) in [4.78, 5) is 67.3. The number of nitrogens with one attached hydrogen (secondary N) is 2. The molecule has 0 unspecified atom stereocenters. The number of nitrogens with two attached hydrogens (primary N) is 2. The van der Waals surface area contributed by atoms with E-state index in [4.69, 9.17) is 32.7 Å². The number of amides is 2. The lowest BCUT2D eigenvalue weighted by atomic mass is 10.0. The number of carboxylic acid groups (broad SMARTS) is 2. The number of aromatic nitrogens is 3. The Morgan fingerprint density at radius 1 is 1.19 bits per heavy atom. The third kappa shape index (κ3) is 8.54. The summed E-state index contributed by atoms with van der Waals surface area (Å²) in [6.45, 7) is 4.40. The Morgan fingerprint density at radius 3 is 2.63 bits per heavy atom. The number of rotatable bonds is 14. The number of thiazole rings is 1. The molecule has 22 heteroatoms. The number of benzene rings is 1. The van der Waals surface area contributed by atoms with Gasteiger partial charge in [0.25, 0.3) is 11.8 Å². The van der Waals surface area contributed by atoms with E-state index in [0.717, 1.165) is 53.2 Å². The minimum absolute atomic E-state index is 0.00365.